The third-order valence-corrected chi connectivity index (χ3v) is 4.02. The van der Waals surface area contributed by atoms with Gasteiger partial charge in [-0.05, 0) is 55.8 Å². The number of ether oxygens (including phenoxy) is 1. The highest BCUT2D eigenvalue weighted by molar-refractivity contribution is 5.38. The van der Waals surface area contributed by atoms with Gasteiger partial charge in [-0.15, -0.1) is 0 Å². The Morgan fingerprint density at radius 3 is 2.60 bits per heavy atom. The molecule has 7 heteroatoms. The summed E-state index contributed by atoms with van der Waals surface area (Å²) in [7, 11) is 1.56. The number of rotatable bonds is 4. The van der Waals surface area contributed by atoms with Gasteiger partial charge in [0.05, 0.1) is 12.8 Å². The lowest BCUT2D eigenvalue weighted by atomic mass is 10.1. The van der Waals surface area contributed by atoms with E-state index in [2.05, 4.69) is 35.8 Å². The second kappa shape index (κ2) is 6.23. The van der Waals surface area contributed by atoms with Crippen LogP contribution in [-0.4, -0.2) is 24.4 Å². The zero-order chi connectivity index (χ0) is 19.1. The quantitative estimate of drug-likeness (QED) is 0.730. The molecule has 0 radical (unpaired) electrons. The van der Waals surface area contributed by atoms with Gasteiger partial charge in [0, 0.05) is 18.8 Å². The Morgan fingerprint density at radius 1 is 1.24 bits per heavy atom. The van der Waals surface area contributed by atoms with Crippen molar-refractivity contribution >= 4 is 0 Å². The molecule has 1 aromatic carbocycles. The second-order valence-electron chi connectivity index (χ2n) is 6.97. The lowest BCUT2D eigenvalue weighted by Crippen LogP contribution is -2.26. The average molecular weight is 343 g/mol. The molecule has 0 spiro atoms. The maximum atomic E-state index is 12.3. The van der Waals surface area contributed by atoms with E-state index in [0.717, 1.165) is 11.3 Å². The van der Waals surface area contributed by atoms with Gasteiger partial charge in [-0.3, -0.25) is 0 Å². The minimum absolute atomic E-state index is 0.192. The first kappa shape index (κ1) is 15.7. The Morgan fingerprint density at radius 2 is 2.00 bits per heavy atom. The van der Waals surface area contributed by atoms with E-state index in [9.17, 15) is 4.79 Å². The summed E-state index contributed by atoms with van der Waals surface area (Å²) in [6, 6.07) is 7.53. The van der Waals surface area contributed by atoms with Crippen molar-refractivity contribution in [3.8, 4) is 11.4 Å². The molecule has 0 saturated carbocycles. The molecule has 132 valence electrons. The van der Waals surface area contributed by atoms with Crippen LogP contribution in [0, 0.1) is 6.92 Å². The van der Waals surface area contributed by atoms with Crippen LogP contribution < -0.4 is 10.4 Å². The number of hydrogen-bond acceptors (Lipinski definition) is 4. The molecule has 0 saturated heterocycles. The maximum absolute atomic E-state index is 12.3. The number of hydrogen-bond donors (Lipinski definition) is 0. The minimum atomic E-state index is -0.312. The third kappa shape index (κ3) is 3.22. The topological polar surface area (TPSA) is 66.9 Å². The Balaban J connectivity index is 2.02. The van der Waals surface area contributed by atoms with Crippen molar-refractivity contribution in [3.63, 3.8) is 0 Å². The van der Waals surface area contributed by atoms with E-state index in [4.69, 9.17) is 6.11 Å². The number of tetrazole rings is 1. The molecular formula is C18H23N5O2. The van der Waals surface area contributed by atoms with Gasteiger partial charge in [-0.25, -0.2) is 4.79 Å². The van der Waals surface area contributed by atoms with Gasteiger partial charge in [0.15, 0.2) is 0 Å². The van der Waals surface area contributed by atoms with Crippen molar-refractivity contribution in [1.29, 1.82) is 0 Å². The van der Waals surface area contributed by atoms with E-state index in [1.54, 1.807) is 25.2 Å². The van der Waals surface area contributed by atoms with Crippen LogP contribution in [0.5, 0.6) is 5.75 Å². The number of benzene rings is 1. The van der Waals surface area contributed by atoms with E-state index in [1.807, 2.05) is 19.2 Å². The molecule has 0 aliphatic rings. The number of para-hydroxylation sites is 1. The van der Waals surface area contributed by atoms with Crippen molar-refractivity contribution in [1.82, 2.24) is 24.4 Å². The van der Waals surface area contributed by atoms with E-state index >= 15 is 0 Å². The summed E-state index contributed by atoms with van der Waals surface area (Å²) in [5.74, 6) is 0.708. The Hall–Kier alpha value is -2.83. The van der Waals surface area contributed by atoms with Crippen LogP contribution in [-0.2, 0) is 19.2 Å². The molecule has 0 aliphatic heterocycles. The van der Waals surface area contributed by atoms with Gasteiger partial charge >= 0.3 is 5.69 Å². The van der Waals surface area contributed by atoms with Gasteiger partial charge < -0.3 is 9.30 Å². The van der Waals surface area contributed by atoms with Gasteiger partial charge in [-0.1, -0.05) is 18.2 Å². The normalized spacial score (nSPS) is 12.3. The number of aryl methyl sites for hydroxylation is 2. The second-order valence-corrected chi connectivity index (χ2v) is 6.97. The molecular weight excluding hydrogens is 318 g/mol. The van der Waals surface area contributed by atoms with Crippen LogP contribution in [0.4, 0.5) is 0 Å². The largest absolute Gasteiger partial charge is 0.487 e. The third-order valence-electron chi connectivity index (χ3n) is 4.02. The SMILES string of the molecule is [3H]c1ccc(OCc2c(-n3nnn(C)c3=O)ccn2C(C)(C)C)c(C)c1. The van der Waals surface area contributed by atoms with Gasteiger partial charge in [0.1, 0.15) is 12.4 Å². The summed E-state index contributed by atoms with van der Waals surface area (Å²) in [6.07, 6.45) is 1.93. The van der Waals surface area contributed by atoms with Crippen molar-refractivity contribution in [3.05, 3.63) is 58.2 Å². The molecule has 0 aliphatic carbocycles. The molecule has 0 atom stereocenters. The highest BCUT2D eigenvalue weighted by atomic mass is 16.5. The molecule has 2 heterocycles. The van der Waals surface area contributed by atoms with Gasteiger partial charge in [0.2, 0.25) is 0 Å². The Bertz CT molecular complexity index is 994. The monoisotopic (exact) mass is 343 g/mol. The molecule has 2 aromatic heterocycles. The van der Waals surface area contributed by atoms with Crippen LogP contribution in [0.15, 0.2) is 41.3 Å². The standard InChI is InChI=1S/C18H23N5O2/c1-13-8-6-7-9-16(13)25-12-15-14(10-11-22(15)18(2,3)4)23-17(24)21(5)19-20-23/h6-11H,12H2,1-5H3/i6T. The highest BCUT2D eigenvalue weighted by Gasteiger charge is 2.22. The van der Waals surface area contributed by atoms with Crippen LogP contribution in [0.3, 0.4) is 0 Å². The van der Waals surface area contributed by atoms with Gasteiger partial charge in [-0.2, -0.15) is 9.36 Å². The van der Waals surface area contributed by atoms with Crippen molar-refractivity contribution in [2.45, 2.75) is 39.8 Å². The first-order chi connectivity index (χ1) is 12.2. The molecule has 7 nitrogen and oxygen atoms in total. The minimum Gasteiger partial charge on any atom is -0.487 e. The fourth-order valence-electron chi connectivity index (χ4n) is 2.69. The van der Waals surface area contributed by atoms with Crippen LogP contribution >= 0.6 is 0 Å². The zero-order valence-electron chi connectivity index (χ0n) is 16.1. The molecule has 0 amide bonds. The summed E-state index contributed by atoms with van der Waals surface area (Å²) in [5, 5.41) is 7.74. The van der Waals surface area contributed by atoms with E-state index in [0.29, 0.717) is 17.5 Å². The summed E-state index contributed by atoms with van der Waals surface area (Å²) in [6.45, 7) is 8.42. The first-order valence-corrected chi connectivity index (χ1v) is 8.08. The fourth-order valence-corrected chi connectivity index (χ4v) is 2.69. The van der Waals surface area contributed by atoms with E-state index in [-0.39, 0.29) is 17.8 Å². The lowest BCUT2D eigenvalue weighted by Gasteiger charge is -2.25. The Kier molecular flexibility index (Phi) is 3.91. The molecule has 0 fully saturated rings. The fraction of sp³-hybridized carbons (Fsp3) is 0.389. The summed E-state index contributed by atoms with van der Waals surface area (Å²) >= 11 is 0. The molecule has 0 bridgehead atoms. The van der Waals surface area contributed by atoms with Crippen LogP contribution in [0.25, 0.3) is 5.69 Å². The number of aromatic nitrogens is 5. The molecule has 3 aromatic rings. The molecule has 0 N–H and O–H groups in total. The van der Waals surface area contributed by atoms with E-state index < -0.39 is 0 Å². The average Bonchev–Trinajstić information content (AvgIpc) is 3.10. The smallest absolute Gasteiger partial charge is 0.368 e. The maximum Gasteiger partial charge on any atom is 0.368 e. The van der Waals surface area contributed by atoms with Crippen molar-refractivity contribution < 1.29 is 6.11 Å². The predicted octanol–water partition coefficient (Wildman–Crippen LogP) is 2.41. The predicted molar refractivity (Wildman–Crippen MR) is 95.1 cm³/mol. The molecule has 3 rings (SSSR count). The molecule has 0 unspecified atom stereocenters. The zero-order valence-corrected chi connectivity index (χ0v) is 15.1. The Labute approximate surface area is 147 Å². The highest BCUT2D eigenvalue weighted by Crippen LogP contribution is 2.25. The van der Waals surface area contributed by atoms with Crippen molar-refractivity contribution in [2.24, 2.45) is 7.05 Å². The van der Waals surface area contributed by atoms with E-state index in [1.165, 1.54) is 9.36 Å². The summed E-state index contributed by atoms with van der Waals surface area (Å²) in [5.41, 5.74) is 1.86. The van der Waals surface area contributed by atoms with Crippen LogP contribution in [0.1, 0.15) is 33.4 Å². The van der Waals surface area contributed by atoms with Crippen LogP contribution in [0.2, 0.25) is 0 Å². The lowest BCUT2D eigenvalue weighted by molar-refractivity contribution is 0.274. The summed E-state index contributed by atoms with van der Waals surface area (Å²) in [4.78, 5) is 12.3. The number of nitrogens with zero attached hydrogens (tertiary/aromatic N) is 5. The van der Waals surface area contributed by atoms with Gasteiger partial charge in [0.25, 0.3) is 0 Å². The molecule has 25 heavy (non-hydrogen) atoms. The van der Waals surface area contributed by atoms with Crippen molar-refractivity contribution in [2.75, 3.05) is 0 Å². The first-order valence-electron chi connectivity index (χ1n) is 8.58. The summed E-state index contributed by atoms with van der Waals surface area (Å²) < 4.78 is 18.2.